The van der Waals surface area contributed by atoms with E-state index in [1.54, 1.807) is 18.1 Å². The SMILES string of the molecule is CN1C=CN(C(C)(F)F)C1. The van der Waals surface area contributed by atoms with E-state index in [9.17, 15) is 8.78 Å². The zero-order valence-electron chi connectivity index (χ0n) is 6.01. The fourth-order valence-electron chi connectivity index (χ4n) is 0.784. The second kappa shape index (κ2) is 2.11. The maximum absolute atomic E-state index is 12.4. The lowest BCUT2D eigenvalue weighted by Crippen LogP contribution is -2.36. The van der Waals surface area contributed by atoms with Gasteiger partial charge < -0.3 is 9.80 Å². The lowest BCUT2D eigenvalue weighted by molar-refractivity contribution is -0.109. The molecule has 0 fully saturated rings. The minimum absolute atomic E-state index is 0.267. The van der Waals surface area contributed by atoms with E-state index >= 15 is 0 Å². The van der Waals surface area contributed by atoms with Crippen molar-refractivity contribution in [2.45, 2.75) is 13.0 Å². The number of halogens is 2. The molecular weight excluding hydrogens is 138 g/mol. The van der Waals surface area contributed by atoms with Gasteiger partial charge in [0, 0.05) is 26.4 Å². The second-order valence-electron chi connectivity index (χ2n) is 2.51. The Kier molecular flexibility index (Phi) is 1.54. The van der Waals surface area contributed by atoms with Crippen molar-refractivity contribution in [1.29, 1.82) is 0 Å². The van der Waals surface area contributed by atoms with Gasteiger partial charge in [0.05, 0.1) is 6.67 Å². The minimum Gasteiger partial charge on any atom is -0.361 e. The fourth-order valence-corrected chi connectivity index (χ4v) is 0.784. The summed E-state index contributed by atoms with van der Waals surface area (Å²) < 4.78 is 24.9. The summed E-state index contributed by atoms with van der Waals surface area (Å²) in [6.45, 7) is 1.15. The van der Waals surface area contributed by atoms with Crippen molar-refractivity contribution in [3.63, 3.8) is 0 Å². The molecule has 1 aliphatic heterocycles. The Morgan fingerprint density at radius 3 is 2.20 bits per heavy atom. The molecule has 1 heterocycles. The van der Waals surface area contributed by atoms with Crippen LogP contribution in [0.4, 0.5) is 8.78 Å². The van der Waals surface area contributed by atoms with Gasteiger partial charge in [-0.25, -0.2) is 0 Å². The van der Waals surface area contributed by atoms with Crippen molar-refractivity contribution in [2.24, 2.45) is 0 Å². The van der Waals surface area contributed by atoms with Gasteiger partial charge in [0.15, 0.2) is 0 Å². The third kappa shape index (κ3) is 1.37. The molecule has 0 aromatic rings. The third-order valence-corrected chi connectivity index (χ3v) is 1.38. The van der Waals surface area contributed by atoms with Gasteiger partial charge in [0.25, 0.3) is 0 Å². The molecule has 58 valence electrons. The Bertz CT molecular complexity index is 150. The Balaban J connectivity index is 2.55. The molecule has 0 bridgehead atoms. The van der Waals surface area contributed by atoms with Gasteiger partial charge in [-0.2, -0.15) is 8.78 Å². The van der Waals surface area contributed by atoms with Gasteiger partial charge in [0.1, 0.15) is 0 Å². The molecule has 0 N–H and O–H groups in total. The Labute approximate surface area is 58.7 Å². The molecule has 0 unspecified atom stereocenters. The van der Waals surface area contributed by atoms with Crippen LogP contribution >= 0.6 is 0 Å². The fraction of sp³-hybridized carbons (Fsp3) is 0.667. The zero-order valence-corrected chi connectivity index (χ0v) is 6.01. The predicted octanol–water partition coefficient (Wildman–Crippen LogP) is 1.28. The van der Waals surface area contributed by atoms with Gasteiger partial charge in [-0.15, -0.1) is 0 Å². The molecule has 0 saturated carbocycles. The maximum Gasteiger partial charge on any atom is 0.323 e. The summed E-state index contributed by atoms with van der Waals surface area (Å²) in [5, 5.41) is 0. The Morgan fingerprint density at radius 2 is 2.00 bits per heavy atom. The summed E-state index contributed by atoms with van der Waals surface area (Å²) >= 11 is 0. The molecule has 0 aliphatic carbocycles. The first-order valence-electron chi connectivity index (χ1n) is 3.03. The molecule has 1 rings (SSSR count). The van der Waals surface area contributed by atoms with Crippen LogP contribution in [0.5, 0.6) is 0 Å². The van der Waals surface area contributed by atoms with Crippen LogP contribution in [-0.2, 0) is 0 Å². The molecule has 2 nitrogen and oxygen atoms in total. The molecule has 0 aromatic heterocycles. The van der Waals surface area contributed by atoms with Gasteiger partial charge in [0.2, 0.25) is 0 Å². The number of alkyl halides is 2. The first kappa shape index (κ1) is 7.31. The summed E-state index contributed by atoms with van der Waals surface area (Å²) in [7, 11) is 1.75. The van der Waals surface area contributed by atoms with Crippen molar-refractivity contribution in [3.05, 3.63) is 12.4 Å². The quantitative estimate of drug-likeness (QED) is 0.517. The molecule has 1 aliphatic rings. The average molecular weight is 148 g/mol. The molecule has 0 amide bonds. The summed E-state index contributed by atoms with van der Waals surface area (Å²) in [4.78, 5) is 2.67. The average Bonchev–Trinajstić information content (AvgIpc) is 2.11. The van der Waals surface area contributed by atoms with Crippen molar-refractivity contribution in [2.75, 3.05) is 13.7 Å². The molecule has 4 heteroatoms. The highest BCUT2D eigenvalue weighted by Gasteiger charge is 2.30. The Hall–Kier alpha value is -0.800. The van der Waals surface area contributed by atoms with E-state index in [2.05, 4.69) is 0 Å². The summed E-state index contributed by atoms with van der Waals surface area (Å²) in [6.07, 6.45) is 3.01. The lowest BCUT2D eigenvalue weighted by atomic mass is 10.5. The van der Waals surface area contributed by atoms with Crippen molar-refractivity contribution in [3.8, 4) is 0 Å². The largest absolute Gasteiger partial charge is 0.361 e. The molecule has 10 heavy (non-hydrogen) atoms. The first-order valence-corrected chi connectivity index (χ1v) is 3.03. The van der Waals surface area contributed by atoms with Crippen LogP contribution in [0.2, 0.25) is 0 Å². The monoisotopic (exact) mass is 148 g/mol. The van der Waals surface area contributed by atoms with Crippen molar-refractivity contribution in [1.82, 2.24) is 9.80 Å². The molecule has 0 saturated heterocycles. The van der Waals surface area contributed by atoms with Gasteiger partial charge in [-0.3, -0.25) is 0 Å². The summed E-state index contributed by atoms with van der Waals surface area (Å²) in [5.74, 6) is 0. The van der Waals surface area contributed by atoms with E-state index in [1.807, 2.05) is 0 Å². The van der Waals surface area contributed by atoms with E-state index in [0.717, 1.165) is 11.8 Å². The van der Waals surface area contributed by atoms with Crippen molar-refractivity contribution < 1.29 is 8.78 Å². The Morgan fingerprint density at radius 1 is 1.40 bits per heavy atom. The van der Waals surface area contributed by atoms with Crippen LogP contribution < -0.4 is 0 Å². The number of rotatable bonds is 1. The summed E-state index contributed by atoms with van der Waals surface area (Å²) in [6, 6.07) is -2.73. The molecular formula is C6H10F2N2. The second-order valence-corrected chi connectivity index (χ2v) is 2.51. The van der Waals surface area contributed by atoms with E-state index in [-0.39, 0.29) is 6.67 Å². The third-order valence-electron chi connectivity index (χ3n) is 1.38. The van der Waals surface area contributed by atoms with Gasteiger partial charge >= 0.3 is 6.05 Å². The molecule has 0 spiro atoms. The highest BCUT2D eigenvalue weighted by Crippen LogP contribution is 2.21. The van der Waals surface area contributed by atoms with E-state index in [0.29, 0.717) is 0 Å². The van der Waals surface area contributed by atoms with Crippen molar-refractivity contribution >= 4 is 0 Å². The minimum atomic E-state index is -2.73. The number of hydrogen-bond donors (Lipinski definition) is 0. The normalized spacial score (nSPS) is 18.8. The van der Waals surface area contributed by atoms with E-state index in [1.165, 1.54) is 6.20 Å². The molecule has 0 atom stereocenters. The topological polar surface area (TPSA) is 6.48 Å². The van der Waals surface area contributed by atoms with E-state index < -0.39 is 6.05 Å². The van der Waals surface area contributed by atoms with Crippen LogP contribution in [0.25, 0.3) is 0 Å². The van der Waals surface area contributed by atoms with Crippen LogP contribution in [0.3, 0.4) is 0 Å². The molecule has 0 radical (unpaired) electrons. The number of hydrogen-bond acceptors (Lipinski definition) is 2. The smallest absolute Gasteiger partial charge is 0.323 e. The van der Waals surface area contributed by atoms with Crippen LogP contribution in [0.1, 0.15) is 6.92 Å². The summed E-state index contributed by atoms with van der Waals surface area (Å²) in [5.41, 5.74) is 0. The highest BCUT2D eigenvalue weighted by molar-refractivity contribution is 4.90. The molecule has 0 aromatic carbocycles. The standard InChI is InChI=1S/C6H10F2N2/c1-6(7,8)10-4-3-9(2)5-10/h3-4H,5H2,1-2H3. The number of nitrogens with zero attached hydrogens (tertiary/aromatic N) is 2. The van der Waals surface area contributed by atoms with E-state index in [4.69, 9.17) is 0 Å². The van der Waals surface area contributed by atoms with Gasteiger partial charge in [-0.05, 0) is 0 Å². The van der Waals surface area contributed by atoms with Gasteiger partial charge in [-0.1, -0.05) is 0 Å². The predicted molar refractivity (Wildman–Crippen MR) is 34.2 cm³/mol. The maximum atomic E-state index is 12.4. The first-order chi connectivity index (χ1) is 4.50. The lowest BCUT2D eigenvalue weighted by Gasteiger charge is -2.24. The van der Waals surface area contributed by atoms with Crippen LogP contribution in [0, 0.1) is 0 Å². The zero-order chi connectivity index (χ0) is 7.78. The van der Waals surface area contributed by atoms with Crippen LogP contribution in [0.15, 0.2) is 12.4 Å². The highest BCUT2D eigenvalue weighted by atomic mass is 19.3. The van der Waals surface area contributed by atoms with Crippen LogP contribution in [-0.4, -0.2) is 29.6 Å².